The third-order valence-corrected chi connectivity index (χ3v) is 4.35. The maximum Gasteiger partial charge on any atom is 0.101 e. The van der Waals surface area contributed by atoms with E-state index in [0.717, 1.165) is 19.4 Å². The SMILES string of the molecule is C=CCOCC(O)COCCCCCCCC=CCC=CCCCCCC. The van der Waals surface area contributed by atoms with Crippen molar-refractivity contribution in [2.45, 2.75) is 90.1 Å². The largest absolute Gasteiger partial charge is 0.388 e. The Morgan fingerprint density at radius 3 is 2.04 bits per heavy atom. The average Bonchev–Trinajstić information content (AvgIpc) is 2.67. The van der Waals surface area contributed by atoms with Gasteiger partial charge in [0.15, 0.2) is 0 Å². The molecule has 0 rings (SSSR count). The van der Waals surface area contributed by atoms with Gasteiger partial charge in [-0.2, -0.15) is 0 Å². The minimum Gasteiger partial charge on any atom is -0.388 e. The zero-order chi connectivity index (χ0) is 19.8. The fourth-order valence-electron chi connectivity index (χ4n) is 2.75. The number of allylic oxidation sites excluding steroid dienone is 4. The molecular formula is C24H44O3. The van der Waals surface area contributed by atoms with Crippen molar-refractivity contribution in [1.29, 1.82) is 0 Å². The van der Waals surface area contributed by atoms with Crippen LogP contribution in [0.2, 0.25) is 0 Å². The first-order chi connectivity index (χ1) is 13.3. The minimum absolute atomic E-state index is 0.314. The summed E-state index contributed by atoms with van der Waals surface area (Å²) in [4.78, 5) is 0. The van der Waals surface area contributed by atoms with E-state index >= 15 is 0 Å². The summed E-state index contributed by atoms with van der Waals surface area (Å²) in [7, 11) is 0. The number of rotatable bonds is 21. The van der Waals surface area contributed by atoms with Crippen LogP contribution in [0.15, 0.2) is 37.0 Å². The standard InChI is InChI=1S/C24H44O3/c1-3-5-6-7-8-9-10-11-12-13-14-15-16-17-18-19-21-27-23-24(25)22-26-20-4-2/h4,9-10,12-13,24-25H,2-3,5-8,11,14-23H2,1H3. The molecule has 0 aromatic carbocycles. The third-order valence-electron chi connectivity index (χ3n) is 4.35. The normalized spacial score (nSPS) is 13.0. The lowest BCUT2D eigenvalue weighted by Crippen LogP contribution is -2.22. The summed E-state index contributed by atoms with van der Waals surface area (Å²) in [5, 5.41) is 9.62. The van der Waals surface area contributed by atoms with E-state index in [4.69, 9.17) is 9.47 Å². The van der Waals surface area contributed by atoms with Gasteiger partial charge in [0.05, 0.1) is 19.8 Å². The maximum atomic E-state index is 9.62. The van der Waals surface area contributed by atoms with E-state index in [9.17, 15) is 5.11 Å². The van der Waals surface area contributed by atoms with Crippen LogP contribution in [0, 0.1) is 0 Å². The van der Waals surface area contributed by atoms with Gasteiger partial charge in [0.25, 0.3) is 0 Å². The molecule has 0 heterocycles. The van der Waals surface area contributed by atoms with Gasteiger partial charge in [0.2, 0.25) is 0 Å². The highest BCUT2D eigenvalue weighted by molar-refractivity contribution is 4.92. The van der Waals surface area contributed by atoms with Crippen LogP contribution in [-0.4, -0.2) is 37.6 Å². The Balaban J connectivity index is 3.21. The fourth-order valence-corrected chi connectivity index (χ4v) is 2.75. The van der Waals surface area contributed by atoms with Crippen molar-refractivity contribution in [1.82, 2.24) is 0 Å². The lowest BCUT2D eigenvalue weighted by atomic mass is 10.1. The Morgan fingerprint density at radius 2 is 1.37 bits per heavy atom. The molecule has 0 saturated heterocycles. The molecule has 158 valence electrons. The molecule has 1 N–H and O–H groups in total. The summed E-state index contributed by atoms with van der Waals surface area (Å²) in [6, 6.07) is 0. The summed E-state index contributed by atoms with van der Waals surface area (Å²) < 4.78 is 10.6. The number of unbranched alkanes of at least 4 members (excludes halogenated alkanes) is 9. The molecule has 0 amide bonds. The Bertz CT molecular complexity index is 350. The molecule has 0 aliphatic carbocycles. The molecule has 0 bridgehead atoms. The van der Waals surface area contributed by atoms with Crippen molar-refractivity contribution in [2.24, 2.45) is 0 Å². The molecule has 1 unspecified atom stereocenters. The number of aliphatic hydroxyl groups is 1. The van der Waals surface area contributed by atoms with Crippen molar-refractivity contribution in [3.05, 3.63) is 37.0 Å². The predicted molar refractivity (Wildman–Crippen MR) is 117 cm³/mol. The van der Waals surface area contributed by atoms with E-state index in [1.807, 2.05) is 0 Å². The van der Waals surface area contributed by atoms with E-state index in [-0.39, 0.29) is 0 Å². The van der Waals surface area contributed by atoms with Crippen molar-refractivity contribution >= 4 is 0 Å². The Kier molecular flexibility index (Phi) is 22.4. The van der Waals surface area contributed by atoms with Gasteiger partial charge < -0.3 is 14.6 Å². The molecule has 3 heteroatoms. The van der Waals surface area contributed by atoms with E-state index < -0.39 is 6.10 Å². The molecule has 0 aromatic heterocycles. The lowest BCUT2D eigenvalue weighted by molar-refractivity contribution is -0.0136. The van der Waals surface area contributed by atoms with E-state index in [1.54, 1.807) is 6.08 Å². The van der Waals surface area contributed by atoms with Crippen LogP contribution in [-0.2, 0) is 9.47 Å². The van der Waals surface area contributed by atoms with Crippen LogP contribution in [0.3, 0.4) is 0 Å². The van der Waals surface area contributed by atoms with Crippen molar-refractivity contribution in [3.8, 4) is 0 Å². The van der Waals surface area contributed by atoms with Gasteiger partial charge >= 0.3 is 0 Å². The molecular weight excluding hydrogens is 336 g/mol. The topological polar surface area (TPSA) is 38.7 Å². The van der Waals surface area contributed by atoms with E-state index in [0.29, 0.717) is 19.8 Å². The zero-order valence-electron chi connectivity index (χ0n) is 17.7. The second kappa shape index (κ2) is 23.1. The molecule has 0 aliphatic rings. The first kappa shape index (κ1) is 26.1. The molecule has 0 fully saturated rings. The summed E-state index contributed by atoms with van der Waals surface area (Å²) in [5.41, 5.74) is 0. The first-order valence-corrected chi connectivity index (χ1v) is 11.1. The molecule has 27 heavy (non-hydrogen) atoms. The van der Waals surface area contributed by atoms with Gasteiger partial charge in [-0.3, -0.25) is 0 Å². The van der Waals surface area contributed by atoms with Crippen LogP contribution in [0.1, 0.15) is 84.0 Å². The summed E-state index contributed by atoms with van der Waals surface area (Å²) in [6.07, 6.45) is 25.4. The van der Waals surface area contributed by atoms with Gasteiger partial charge in [-0.15, -0.1) is 6.58 Å². The summed E-state index contributed by atoms with van der Waals surface area (Å²) in [5.74, 6) is 0. The Hall–Kier alpha value is -0.900. The lowest BCUT2D eigenvalue weighted by Gasteiger charge is -2.10. The van der Waals surface area contributed by atoms with Crippen LogP contribution < -0.4 is 0 Å². The molecule has 0 spiro atoms. The summed E-state index contributed by atoms with van der Waals surface area (Å²) in [6.45, 7) is 7.69. The third kappa shape index (κ3) is 23.1. The second-order valence-corrected chi connectivity index (χ2v) is 7.14. The molecule has 3 nitrogen and oxygen atoms in total. The van der Waals surface area contributed by atoms with Crippen LogP contribution in [0.25, 0.3) is 0 Å². The van der Waals surface area contributed by atoms with E-state index in [1.165, 1.54) is 64.2 Å². The smallest absolute Gasteiger partial charge is 0.101 e. The van der Waals surface area contributed by atoms with Gasteiger partial charge in [-0.1, -0.05) is 75.8 Å². The molecule has 0 aliphatic heterocycles. The number of aliphatic hydroxyl groups excluding tert-OH is 1. The molecule has 0 aromatic rings. The van der Waals surface area contributed by atoms with Gasteiger partial charge in [-0.05, 0) is 38.5 Å². The maximum absolute atomic E-state index is 9.62. The highest BCUT2D eigenvalue weighted by Crippen LogP contribution is 2.07. The number of ether oxygens (including phenoxy) is 2. The number of hydrogen-bond acceptors (Lipinski definition) is 3. The van der Waals surface area contributed by atoms with Crippen molar-refractivity contribution < 1.29 is 14.6 Å². The van der Waals surface area contributed by atoms with Crippen molar-refractivity contribution in [2.75, 3.05) is 26.4 Å². The highest BCUT2D eigenvalue weighted by Gasteiger charge is 2.03. The zero-order valence-corrected chi connectivity index (χ0v) is 17.7. The fraction of sp³-hybridized carbons (Fsp3) is 0.750. The quantitative estimate of drug-likeness (QED) is 0.185. The first-order valence-electron chi connectivity index (χ1n) is 11.1. The highest BCUT2D eigenvalue weighted by atomic mass is 16.5. The van der Waals surface area contributed by atoms with Gasteiger partial charge in [-0.25, -0.2) is 0 Å². The second-order valence-electron chi connectivity index (χ2n) is 7.14. The predicted octanol–water partition coefficient (Wildman–Crippen LogP) is 6.38. The average molecular weight is 381 g/mol. The number of hydrogen-bond donors (Lipinski definition) is 1. The van der Waals surface area contributed by atoms with Gasteiger partial charge in [0, 0.05) is 6.61 Å². The van der Waals surface area contributed by atoms with Crippen LogP contribution in [0.4, 0.5) is 0 Å². The van der Waals surface area contributed by atoms with Crippen molar-refractivity contribution in [3.63, 3.8) is 0 Å². The molecule has 0 saturated carbocycles. The van der Waals surface area contributed by atoms with Gasteiger partial charge in [0.1, 0.15) is 6.10 Å². The Morgan fingerprint density at radius 1 is 0.778 bits per heavy atom. The minimum atomic E-state index is -0.535. The molecule has 1 atom stereocenters. The summed E-state index contributed by atoms with van der Waals surface area (Å²) >= 11 is 0. The van der Waals surface area contributed by atoms with E-state index in [2.05, 4.69) is 37.8 Å². The monoisotopic (exact) mass is 380 g/mol. The Labute approximate surface area is 168 Å². The molecule has 0 radical (unpaired) electrons. The van der Waals surface area contributed by atoms with Crippen LogP contribution in [0.5, 0.6) is 0 Å². The van der Waals surface area contributed by atoms with Crippen LogP contribution >= 0.6 is 0 Å².